The molecule has 1 saturated heterocycles. The average molecular weight is 328 g/mol. The second-order valence-corrected chi connectivity index (χ2v) is 8.38. The quantitative estimate of drug-likeness (QED) is 0.825. The van der Waals surface area contributed by atoms with Gasteiger partial charge >= 0.3 is 0 Å². The number of nitrogens with one attached hydrogen (secondary N) is 1. The second-order valence-electron chi connectivity index (χ2n) is 6.09. The molecule has 1 aliphatic heterocycles. The predicted molar refractivity (Wildman–Crippen MR) is 96.8 cm³/mol. The van der Waals surface area contributed by atoms with E-state index in [4.69, 9.17) is 4.98 Å². The topological polar surface area (TPSA) is 28.2 Å². The summed E-state index contributed by atoms with van der Waals surface area (Å²) in [5.74, 6) is 3.24. The van der Waals surface area contributed by atoms with E-state index in [0.29, 0.717) is 5.92 Å². The Morgan fingerprint density at radius 3 is 2.90 bits per heavy atom. The minimum atomic E-state index is 0.703. The summed E-state index contributed by atoms with van der Waals surface area (Å²) in [6, 6.07) is 0. The molecule has 3 nitrogen and oxygen atoms in total. The first-order valence-electron chi connectivity index (χ1n) is 8.22. The molecule has 5 heteroatoms. The molecular formula is C16H29N3S2. The van der Waals surface area contributed by atoms with Crippen molar-refractivity contribution in [3.05, 3.63) is 10.6 Å². The Hall–Kier alpha value is -0.260. The van der Waals surface area contributed by atoms with Gasteiger partial charge in [0.25, 0.3) is 0 Å². The van der Waals surface area contributed by atoms with Gasteiger partial charge in [-0.15, -0.1) is 11.3 Å². The maximum atomic E-state index is 4.96. The van der Waals surface area contributed by atoms with Crippen molar-refractivity contribution in [2.75, 3.05) is 36.0 Å². The minimum Gasteiger partial charge on any atom is -0.347 e. The van der Waals surface area contributed by atoms with E-state index in [1.54, 1.807) is 0 Å². The number of rotatable bonds is 7. The first-order chi connectivity index (χ1) is 10.2. The molecule has 1 fully saturated rings. The van der Waals surface area contributed by atoms with Crippen LogP contribution in [0.3, 0.4) is 0 Å². The van der Waals surface area contributed by atoms with Gasteiger partial charge in [0.15, 0.2) is 5.13 Å². The standard InChI is InChI=1S/C16H29N3S2/c1-4-6-14-15(12-17-11-13(2)3)21-16(18-14)19-7-5-9-20-10-8-19/h13,17H,4-12H2,1-3H3. The molecule has 120 valence electrons. The van der Waals surface area contributed by atoms with Crippen LogP contribution < -0.4 is 10.2 Å². The third kappa shape index (κ3) is 5.46. The molecule has 0 radical (unpaired) electrons. The van der Waals surface area contributed by atoms with Gasteiger partial charge < -0.3 is 10.2 Å². The van der Waals surface area contributed by atoms with Crippen LogP contribution in [0.5, 0.6) is 0 Å². The summed E-state index contributed by atoms with van der Waals surface area (Å²) < 4.78 is 0. The lowest BCUT2D eigenvalue weighted by Crippen LogP contribution is -2.25. The van der Waals surface area contributed by atoms with Crippen molar-refractivity contribution in [2.24, 2.45) is 5.92 Å². The van der Waals surface area contributed by atoms with Crippen LogP contribution in [0.2, 0.25) is 0 Å². The molecule has 1 aliphatic rings. The molecule has 0 aromatic carbocycles. The summed E-state index contributed by atoms with van der Waals surface area (Å²) in [5, 5.41) is 4.83. The van der Waals surface area contributed by atoms with Crippen molar-refractivity contribution >= 4 is 28.2 Å². The van der Waals surface area contributed by atoms with Gasteiger partial charge in [0.05, 0.1) is 5.69 Å². The van der Waals surface area contributed by atoms with E-state index >= 15 is 0 Å². The molecule has 21 heavy (non-hydrogen) atoms. The number of hydrogen-bond donors (Lipinski definition) is 1. The molecule has 2 heterocycles. The Kier molecular flexibility index (Phi) is 7.34. The predicted octanol–water partition coefficient (Wildman–Crippen LogP) is 3.78. The van der Waals surface area contributed by atoms with Crippen LogP contribution in [0, 0.1) is 5.92 Å². The summed E-state index contributed by atoms with van der Waals surface area (Å²) in [7, 11) is 0. The van der Waals surface area contributed by atoms with Crippen LogP contribution >= 0.6 is 23.1 Å². The molecule has 0 atom stereocenters. The van der Waals surface area contributed by atoms with Gasteiger partial charge in [-0.25, -0.2) is 4.98 Å². The first-order valence-corrected chi connectivity index (χ1v) is 10.2. The fraction of sp³-hybridized carbons (Fsp3) is 0.812. The second kappa shape index (κ2) is 9.01. The average Bonchev–Trinajstić information content (AvgIpc) is 2.68. The Balaban J connectivity index is 2.03. The van der Waals surface area contributed by atoms with Crippen molar-refractivity contribution < 1.29 is 0 Å². The molecule has 1 aromatic heterocycles. The van der Waals surface area contributed by atoms with Crippen molar-refractivity contribution in [1.29, 1.82) is 0 Å². The lowest BCUT2D eigenvalue weighted by molar-refractivity contribution is 0.553. The van der Waals surface area contributed by atoms with Crippen molar-refractivity contribution in [1.82, 2.24) is 10.3 Å². The van der Waals surface area contributed by atoms with E-state index in [-0.39, 0.29) is 0 Å². The number of thioether (sulfide) groups is 1. The van der Waals surface area contributed by atoms with E-state index in [0.717, 1.165) is 26.1 Å². The summed E-state index contributed by atoms with van der Waals surface area (Å²) in [6.45, 7) is 11.1. The monoisotopic (exact) mass is 327 g/mol. The van der Waals surface area contributed by atoms with E-state index < -0.39 is 0 Å². The highest BCUT2D eigenvalue weighted by Gasteiger charge is 2.17. The highest BCUT2D eigenvalue weighted by atomic mass is 32.2. The van der Waals surface area contributed by atoms with Crippen molar-refractivity contribution in [2.45, 2.75) is 46.6 Å². The lowest BCUT2D eigenvalue weighted by atomic mass is 10.2. The van der Waals surface area contributed by atoms with Crippen LogP contribution in [-0.2, 0) is 13.0 Å². The molecule has 0 saturated carbocycles. The van der Waals surface area contributed by atoms with Gasteiger partial charge in [0.1, 0.15) is 0 Å². The minimum absolute atomic E-state index is 0.703. The number of nitrogens with zero attached hydrogens (tertiary/aromatic N) is 2. The molecule has 0 aliphatic carbocycles. The lowest BCUT2D eigenvalue weighted by Gasteiger charge is -2.18. The van der Waals surface area contributed by atoms with Crippen LogP contribution in [0.1, 0.15) is 44.2 Å². The van der Waals surface area contributed by atoms with Crippen LogP contribution in [0.15, 0.2) is 0 Å². The zero-order chi connectivity index (χ0) is 15.1. The van der Waals surface area contributed by atoms with E-state index in [1.807, 2.05) is 11.3 Å². The third-order valence-corrected chi connectivity index (χ3v) is 5.79. The van der Waals surface area contributed by atoms with Crippen LogP contribution in [-0.4, -0.2) is 36.1 Å². The fourth-order valence-corrected chi connectivity index (χ4v) is 4.50. The first kappa shape index (κ1) is 17.1. The Morgan fingerprint density at radius 1 is 1.29 bits per heavy atom. The zero-order valence-corrected chi connectivity index (χ0v) is 15.3. The SMILES string of the molecule is CCCc1nc(N2CCCSCC2)sc1CNCC(C)C. The van der Waals surface area contributed by atoms with Gasteiger partial charge in [-0.05, 0) is 31.1 Å². The highest BCUT2D eigenvalue weighted by molar-refractivity contribution is 7.99. The maximum Gasteiger partial charge on any atom is 0.185 e. The van der Waals surface area contributed by atoms with Crippen LogP contribution in [0.25, 0.3) is 0 Å². The van der Waals surface area contributed by atoms with E-state index in [9.17, 15) is 0 Å². The summed E-state index contributed by atoms with van der Waals surface area (Å²) in [4.78, 5) is 8.90. The number of aromatic nitrogens is 1. The molecule has 1 aromatic rings. The van der Waals surface area contributed by atoms with Crippen LogP contribution in [0.4, 0.5) is 5.13 Å². The number of hydrogen-bond acceptors (Lipinski definition) is 5. The molecule has 0 amide bonds. The highest BCUT2D eigenvalue weighted by Crippen LogP contribution is 2.29. The summed E-state index contributed by atoms with van der Waals surface area (Å²) in [5.41, 5.74) is 1.32. The van der Waals surface area contributed by atoms with E-state index in [1.165, 1.54) is 46.6 Å². The summed E-state index contributed by atoms with van der Waals surface area (Å²) >= 11 is 3.99. The largest absolute Gasteiger partial charge is 0.347 e. The number of aryl methyl sites for hydroxylation is 1. The van der Waals surface area contributed by atoms with Gasteiger partial charge in [-0.3, -0.25) is 0 Å². The normalized spacial score (nSPS) is 16.5. The Bertz CT molecular complexity index is 410. The molecule has 0 bridgehead atoms. The summed E-state index contributed by atoms with van der Waals surface area (Å²) in [6.07, 6.45) is 3.57. The maximum absolute atomic E-state index is 4.96. The molecule has 0 spiro atoms. The Labute approximate surface area is 137 Å². The Morgan fingerprint density at radius 2 is 2.14 bits per heavy atom. The zero-order valence-electron chi connectivity index (χ0n) is 13.7. The van der Waals surface area contributed by atoms with Gasteiger partial charge in [-0.1, -0.05) is 27.2 Å². The fourth-order valence-electron chi connectivity index (χ4n) is 2.49. The van der Waals surface area contributed by atoms with E-state index in [2.05, 4.69) is 42.7 Å². The molecule has 2 rings (SSSR count). The molecular weight excluding hydrogens is 298 g/mol. The smallest absolute Gasteiger partial charge is 0.185 e. The third-order valence-electron chi connectivity index (χ3n) is 3.58. The van der Waals surface area contributed by atoms with Gasteiger partial charge in [0, 0.05) is 30.3 Å². The van der Waals surface area contributed by atoms with Gasteiger partial charge in [0.2, 0.25) is 0 Å². The molecule has 1 N–H and O–H groups in total. The molecule has 0 unspecified atom stereocenters. The number of thiazole rings is 1. The van der Waals surface area contributed by atoms with Crippen molar-refractivity contribution in [3.63, 3.8) is 0 Å². The van der Waals surface area contributed by atoms with Gasteiger partial charge in [-0.2, -0.15) is 11.8 Å². The van der Waals surface area contributed by atoms with Crippen molar-refractivity contribution in [3.8, 4) is 0 Å². The number of anilines is 1.